The van der Waals surface area contributed by atoms with Gasteiger partial charge in [0.25, 0.3) is 0 Å². The lowest BCUT2D eigenvalue weighted by molar-refractivity contribution is 0.626. The Bertz CT molecular complexity index is 510. The van der Waals surface area contributed by atoms with Crippen LogP contribution in [0.1, 0.15) is 6.92 Å². The van der Waals surface area contributed by atoms with E-state index < -0.39 is 0 Å². The van der Waals surface area contributed by atoms with E-state index in [0.29, 0.717) is 18.3 Å². The van der Waals surface area contributed by atoms with Gasteiger partial charge in [0.1, 0.15) is 11.6 Å². The number of rotatable bonds is 5. The van der Waals surface area contributed by atoms with Gasteiger partial charge in [-0.15, -0.1) is 10.2 Å². The van der Waals surface area contributed by atoms with Crippen LogP contribution in [0.4, 0.5) is 10.2 Å². The molecule has 0 saturated carbocycles. The molecule has 3 N–H and O–H groups in total. The average Bonchev–Trinajstić information content (AvgIpc) is 2.46. The second kappa shape index (κ2) is 6.24. The van der Waals surface area contributed by atoms with E-state index in [4.69, 9.17) is 5.73 Å². The van der Waals surface area contributed by atoms with Crippen molar-refractivity contribution in [3.63, 3.8) is 0 Å². The minimum atomic E-state index is -0.259. The van der Waals surface area contributed by atoms with Gasteiger partial charge in [-0.05, 0) is 48.9 Å². The Labute approximate surface area is 111 Å². The van der Waals surface area contributed by atoms with Crippen LogP contribution in [-0.2, 0) is 0 Å². The molecule has 0 radical (unpaired) electrons. The summed E-state index contributed by atoms with van der Waals surface area (Å²) in [6.07, 6.45) is 0. The summed E-state index contributed by atoms with van der Waals surface area (Å²) in [5.74, 6) is 0.843. The second-order valence-corrected chi connectivity index (χ2v) is 4.53. The van der Waals surface area contributed by atoms with Gasteiger partial charge in [-0.1, -0.05) is 6.92 Å². The lowest BCUT2D eigenvalue weighted by Crippen LogP contribution is -2.20. The molecule has 0 amide bonds. The zero-order valence-electron chi connectivity index (χ0n) is 10.8. The number of aromatic nitrogens is 2. The van der Waals surface area contributed by atoms with Crippen LogP contribution in [-0.4, -0.2) is 23.3 Å². The Balaban J connectivity index is 2.04. The molecule has 100 valence electrons. The summed E-state index contributed by atoms with van der Waals surface area (Å²) < 4.78 is 12.8. The third kappa shape index (κ3) is 3.72. The number of halogens is 1. The molecule has 0 fully saturated rings. The van der Waals surface area contributed by atoms with Gasteiger partial charge >= 0.3 is 0 Å². The molecule has 2 aromatic rings. The van der Waals surface area contributed by atoms with Gasteiger partial charge in [-0.25, -0.2) is 4.39 Å². The monoisotopic (exact) mass is 260 g/mol. The molecule has 0 aliphatic carbocycles. The van der Waals surface area contributed by atoms with Crippen LogP contribution in [0, 0.1) is 11.7 Å². The third-order valence-electron chi connectivity index (χ3n) is 2.84. The molecule has 2 rings (SSSR count). The molecule has 1 aromatic carbocycles. The number of benzene rings is 1. The minimum absolute atomic E-state index is 0.259. The quantitative estimate of drug-likeness (QED) is 0.865. The van der Waals surface area contributed by atoms with Crippen LogP contribution in [0.15, 0.2) is 36.4 Å². The van der Waals surface area contributed by atoms with Crippen LogP contribution < -0.4 is 11.1 Å². The fourth-order valence-corrected chi connectivity index (χ4v) is 1.56. The highest BCUT2D eigenvalue weighted by molar-refractivity contribution is 5.59. The summed E-state index contributed by atoms with van der Waals surface area (Å²) in [5.41, 5.74) is 7.10. The molecule has 19 heavy (non-hydrogen) atoms. The molecule has 1 atom stereocenters. The van der Waals surface area contributed by atoms with E-state index >= 15 is 0 Å². The van der Waals surface area contributed by atoms with Gasteiger partial charge in [0.2, 0.25) is 0 Å². The van der Waals surface area contributed by atoms with Gasteiger partial charge in [0.05, 0.1) is 5.69 Å². The van der Waals surface area contributed by atoms with Gasteiger partial charge in [0.15, 0.2) is 0 Å². The molecule has 1 aromatic heterocycles. The van der Waals surface area contributed by atoms with Crippen molar-refractivity contribution in [2.45, 2.75) is 6.92 Å². The van der Waals surface area contributed by atoms with Crippen LogP contribution >= 0.6 is 0 Å². The highest BCUT2D eigenvalue weighted by atomic mass is 19.1. The zero-order valence-corrected chi connectivity index (χ0v) is 10.8. The Morgan fingerprint density at radius 2 is 1.89 bits per heavy atom. The minimum Gasteiger partial charge on any atom is -0.368 e. The van der Waals surface area contributed by atoms with Crippen molar-refractivity contribution in [2.75, 3.05) is 18.4 Å². The molecule has 0 spiro atoms. The maximum Gasteiger partial charge on any atom is 0.148 e. The second-order valence-electron chi connectivity index (χ2n) is 4.53. The first-order valence-electron chi connectivity index (χ1n) is 6.22. The lowest BCUT2D eigenvalue weighted by Gasteiger charge is -2.10. The van der Waals surface area contributed by atoms with Crippen molar-refractivity contribution in [3.05, 3.63) is 42.2 Å². The van der Waals surface area contributed by atoms with Gasteiger partial charge in [-0.3, -0.25) is 0 Å². The molecular weight excluding hydrogens is 243 g/mol. The molecule has 0 saturated heterocycles. The topological polar surface area (TPSA) is 63.8 Å². The largest absolute Gasteiger partial charge is 0.368 e. The van der Waals surface area contributed by atoms with Crippen LogP contribution in [0.3, 0.4) is 0 Å². The number of anilines is 1. The van der Waals surface area contributed by atoms with E-state index in [0.717, 1.165) is 17.8 Å². The van der Waals surface area contributed by atoms with Gasteiger partial charge < -0.3 is 11.1 Å². The maximum absolute atomic E-state index is 12.8. The Morgan fingerprint density at radius 3 is 2.47 bits per heavy atom. The molecular formula is C14H17FN4. The van der Waals surface area contributed by atoms with Crippen molar-refractivity contribution in [1.29, 1.82) is 0 Å². The number of hydrogen-bond donors (Lipinski definition) is 2. The van der Waals surface area contributed by atoms with E-state index in [-0.39, 0.29) is 5.82 Å². The molecule has 0 aliphatic heterocycles. The summed E-state index contributed by atoms with van der Waals surface area (Å²) in [6.45, 7) is 3.46. The smallest absolute Gasteiger partial charge is 0.148 e. The zero-order chi connectivity index (χ0) is 13.7. The van der Waals surface area contributed by atoms with E-state index in [1.165, 1.54) is 12.1 Å². The summed E-state index contributed by atoms with van der Waals surface area (Å²) in [7, 11) is 0. The number of hydrogen-bond acceptors (Lipinski definition) is 4. The predicted octanol–water partition coefficient (Wildman–Crippen LogP) is 2.29. The predicted molar refractivity (Wildman–Crippen MR) is 74.1 cm³/mol. The van der Waals surface area contributed by atoms with Crippen LogP contribution in [0.2, 0.25) is 0 Å². The summed E-state index contributed by atoms with van der Waals surface area (Å²) in [5, 5.41) is 11.4. The Hall–Kier alpha value is -2.01. The van der Waals surface area contributed by atoms with Crippen molar-refractivity contribution in [1.82, 2.24) is 10.2 Å². The van der Waals surface area contributed by atoms with Crippen molar-refractivity contribution in [2.24, 2.45) is 11.7 Å². The third-order valence-corrected chi connectivity index (χ3v) is 2.84. The van der Waals surface area contributed by atoms with Gasteiger partial charge in [0, 0.05) is 12.1 Å². The highest BCUT2D eigenvalue weighted by Crippen LogP contribution is 2.17. The average molecular weight is 260 g/mol. The fourth-order valence-electron chi connectivity index (χ4n) is 1.56. The molecule has 0 aliphatic rings. The normalized spacial score (nSPS) is 12.2. The Morgan fingerprint density at radius 1 is 1.16 bits per heavy atom. The van der Waals surface area contributed by atoms with E-state index in [1.807, 2.05) is 12.1 Å². The lowest BCUT2D eigenvalue weighted by atomic mass is 10.1. The van der Waals surface area contributed by atoms with Crippen LogP contribution in [0.25, 0.3) is 11.3 Å². The van der Waals surface area contributed by atoms with Gasteiger partial charge in [-0.2, -0.15) is 0 Å². The van der Waals surface area contributed by atoms with E-state index in [1.54, 1.807) is 12.1 Å². The summed E-state index contributed by atoms with van der Waals surface area (Å²) >= 11 is 0. The number of nitrogens with one attached hydrogen (secondary N) is 1. The van der Waals surface area contributed by atoms with Crippen molar-refractivity contribution >= 4 is 5.82 Å². The summed E-state index contributed by atoms with van der Waals surface area (Å²) in [6, 6.07) is 9.90. The van der Waals surface area contributed by atoms with E-state index in [2.05, 4.69) is 22.4 Å². The summed E-state index contributed by atoms with van der Waals surface area (Å²) in [4.78, 5) is 0. The Kier molecular flexibility index (Phi) is 4.41. The SMILES string of the molecule is CC(CN)CNc1ccc(-c2ccc(F)cc2)nn1. The first-order valence-corrected chi connectivity index (χ1v) is 6.22. The first kappa shape index (κ1) is 13.4. The number of nitrogens with two attached hydrogens (primary N) is 1. The molecule has 1 unspecified atom stereocenters. The van der Waals surface area contributed by atoms with Crippen LogP contribution in [0.5, 0.6) is 0 Å². The number of nitrogens with zero attached hydrogens (tertiary/aromatic N) is 2. The van der Waals surface area contributed by atoms with Crippen molar-refractivity contribution in [3.8, 4) is 11.3 Å². The molecule has 0 bridgehead atoms. The van der Waals surface area contributed by atoms with E-state index in [9.17, 15) is 4.39 Å². The van der Waals surface area contributed by atoms with Crippen molar-refractivity contribution < 1.29 is 4.39 Å². The maximum atomic E-state index is 12.8. The molecule has 1 heterocycles. The standard InChI is InChI=1S/C14H17FN4/c1-10(8-16)9-17-14-7-6-13(18-19-14)11-2-4-12(15)5-3-11/h2-7,10H,8-9,16H2,1H3,(H,17,19). The highest BCUT2D eigenvalue weighted by Gasteiger charge is 2.03. The first-order chi connectivity index (χ1) is 9.19. The fraction of sp³-hybridized carbons (Fsp3) is 0.286. The molecule has 4 nitrogen and oxygen atoms in total. The molecule has 5 heteroatoms.